The second-order valence-corrected chi connectivity index (χ2v) is 3.89. The lowest BCUT2D eigenvalue weighted by Crippen LogP contribution is -2.50. The van der Waals surface area contributed by atoms with Gasteiger partial charge in [0.25, 0.3) is 0 Å². The molecule has 0 aliphatic heterocycles. The van der Waals surface area contributed by atoms with Crippen LogP contribution >= 0.6 is 0 Å². The first-order chi connectivity index (χ1) is 6.93. The van der Waals surface area contributed by atoms with Crippen molar-refractivity contribution in [2.24, 2.45) is 5.92 Å². The van der Waals surface area contributed by atoms with E-state index in [0.717, 1.165) is 0 Å². The quantitative estimate of drug-likeness (QED) is 0.623. The molecule has 0 spiro atoms. The van der Waals surface area contributed by atoms with Gasteiger partial charge in [0.1, 0.15) is 12.3 Å². The highest BCUT2D eigenvalue weighted by atomic mass is 16.2. The van der Waals surface area contributed by atoms with E-state index in [0.29, 0.717) is 12.7 Å². The molecular formula is C10H18N2O3. The standard InChI is InChI=1S/C10H18N2O3/c1-7(2)9(12(4)6-14)10(15)11-8(3)5-13/h5-9H,1-4H3,(H,11,15). The number of rotatable bonds is 6. The molecule has 2 amide bonds. The van der Waals surface area contributed by atoms with E-state index in [9.17, 15) is 14.4 Å². The Balaban J connectivity index is 4.56. The van der Waals surface area contributed by atoms with Crippen molar-refractivity contribution in [3.63, 3.8) is 0 Å². The summed E-state index contributed by atoms with van der Waals surface area (Å²) in [5.74, 6) is -0.307. The van der Waals surface area contributed by atoms with Crippen molar-refractivity contribution in [1.29, 1.82) is 0 Å². The summed E-state index contributed by atoms with van der Waals surface area (Å²) in [6.07, 6.45) is 1.26. The van der Waals surface area contributed by atoms with Crippen molar-refractivity contribution in [2.75, 3.05) is 7.05 Å². The molecule has 5 nitrogen and oxygen atoms in total. The summed E-state index contributed by atoms with van der Waals surface area (Å²) < 4.78 is 0. The molecule has 0 saturated heterocycles. The zero-order chi connectivity index (χ0) is 12.0. The molecule has 1 N–H and O–H groups in total. The number of hydrogen-bond donors (Lipinski definition) is 1. The summed E-state index contributed by atoms with van der Waals surface area (Å²) in [6, 6.07) is -1.07. The van der Waals surface area contributed by atoms with Gasteiger partial charge in [-0.3, -0.25) is 9.59 Å². The van der Waals surface area contributed by atoms with Gasteiger partial charge in [0.2, 0.25) is 12.3 Å². The van der Waals surface area contributed by atoms with E-state index in [2.05, 4.69) is 5.32 Å². The fourth-order valence-corrected chi connectivity index (χ4v) is 1.37. The summed E-state index contributed by atoms with van der Waals surface area (Å²) >= 11 is 0. The van der Waals surface area contributed by atoms with Gasteiger partial charge in [-0.2, -0.15) is 0 Å². The largest absolute Gasteiger partial charge is 0.345 e. The number of nitrogens with zero attached hydrogens (tertiary/aromatic N) is 1. The Morgan fingerprint density at radius 2 is 1.80 bits per heavy atom. The predicted octanol–water partition coefficient (Wildman–Crippen LogP) is -0.197. The second-order valence-electron chi connectivity index (χ2n) is 3.89. The Labute approximate surface area is 89.8 Å². The number of aldehydes is 1. The molecule has 2 unspecified atom stereocenters. The Bertz CT molecular complexity index is 241. The first kappa shape index (κ1) is 13.6. The van der Waals surface area contributed by atoms with E-state index in [1.165, 1.54) is 4.90 Å². The van der Waals surface area contributed by atoms with E-state index in [4.69, 9.17) is 0 Å². The number of amides is 2. The third-order valence-electron chi connectivity index (χ3n) is 2.08. The zero-order valence-electron chi connectivity index (χ0n) is 9.56. The maximum atomic E-state index is 11.7. The number of carbonyl (C=O) groups excluding carboxylic acids is 3. The normalized spacial score (nSPS) is 14.2. The van der Waals surface area contributed by atoms with Gasteiger partial charge in [0, 0.05) is 7.05 Å². The monoisotopic (exact) mass is 214 g/mol. The molecule has 15 heavy (non-hydrogen) atoms. The number of hydrogen-bond acceptors (Lipinski definition) is 3. The Kier molecular flexibility index (Phi) is 5.59. The molecule has 0 aromatic heterocycles. The third-order valence-corrected chi connectivity index (χ3v) is 2.08. The van der Waals surface area contributed by atoms with E-state index in [1.54, 1.807) is 14.0 Å². The summed E-state index contributed by atoms with van der Waals surface area (Å²) in [5.41, 5.74) is 0. The SMILES string of the molecule is CC(C=O)NC(=O)C(C(C)C)N(C)C=O. The van der Waals surface area contributed by atoms with Crippen molar-refractivity contribution in [3.8, 4) is 0 Å². The van der Waals surface area contributed by atoms with Crippen LogP contribution < -0.4 is 5.32 Å². The lowest BCUT2D eigenvalue weighted by Gasteiger charge is -2.27. The van der Waals surface area contributed by atoms with Crippen molar-refractivity contribution in [1.82, 2.24) is 10.2 Å². The van der Waals surface area contributed by atoms with Gasteiger partial charge >= 0.3 is 0 Å². The van der Waals surface area contributed by atoms with Gasteiger partial charge in [-0.15, -0.1) is 0 Å². The van der Waals surface area contributed by atoms with E-state index < -0.39 is 12.1 Å². The highest BCUT2D eigenvalue weighted by Crippen LogP contribution is 2.07. The predicted molar refractivity (Wildman–Crippen MR) is 56.1 cm³/mol. The van der Waals surface area contributed by atoms with Gasteiger partial charge in [0.15, 0.2) is 0 Å². The molecule has 0 rings (SSSR count). The lowest BCUT2D eigenvalue weighted by molar-refractivity contribution is -0.134. The lowest BCUT2D eigenvalue weighted by atomic mass is 10.0. The van der Waals surface area contributed by atoms with E-state index in [-0.39, 0.29) is 11.8 Å². The summed E-state index contributed by atoms with van der Waals surface area (Å²) in [4.78, 5) is 33.9. The van der Waals surface area contributed by atoms with E-state index in [1.807, 2.05) is 13.8 Å². The maximum absolute atomic E-state index is 11.7. The Morgan fingerprint density at radius 3 is 2.13 bits per heavy atom. The van der Waals surface area contributed by atoms with Crippen LogP contribution in [-0.4, -0.2) is 42.6 Å². The fraction of sp³-hybridized carbons (Fsp3) is 0.700. The van der Waals surface area contributed by atoms with Crippen molar-refractivity contribution < 1.29 is 14.4 Å². The first-order valence-electron chi connectivity index (χ1n) is 4.87. The van der Waals surface area contributed by atoms with Gasteiger partial charge in [-0.1, -0.05) is 13.8 Å². The maximum Gasteiger partial charge on any atom is 0.243 e. The summed E-state index contributed by atoms with van der Waals surface area (Å²) in [6.45, 7) is 5.27. The molecule has 0 radical (unpaired) electrons. The minimum absolute atomic E-state index is 0.000878. The minimum Gasteiger partial charge on any atom is -0.345 e. The van der Waals surface area contributed by atoms with Crippen LogP contribution in [-0.2, 0) is 14.4 Å². The molecule has 0 fully saturated rings. The van der Waals surface area contributed by atoms with Gasteiger partial charge in [-0.25, -0.2) is 0 Å². The highest BCUT2D eigenvalue weighted by Gasteiger charge is 2.26. The first-order valence-corrected chi connectivity index (χ1v) is 4.87. The molecule has 5 heteroatoms. The number of nitrogens with one attached hydrogen (secondary N) is 1. The van der Waals surface area contributed by atoms with Crippen molar-refractivity contribution in [3.05, 3.63) is 0 Å². The van der Waals surface area contributed by atoms with Crippen molar-refractivity contribution >= 4 is 18.6 Å². The van der Waals surface area contributed by atoms with Crippen LogP contribution in [0.25, 0.3) is 0 Å². The molecule has 0 saturated carbocycles. The Morgan fingerprint density at radius 1 is 1.27 bits per heavy atom. The molecule has 0 aliphatic carbocycles. The molecule has 0 bridgehead atoms. The summed E-state index contributed by atoms with van der Waals surface area (Å²) in [7, 11) is 1.54. The molecule has 0 aromatic carbocycles. The van der Waals surface area contributed by atoms with Gasteiger partial charge in [-0.05, 0) is 12.8 Å². The van der Waals surface area contributed by atoms with Crippen LogP contribution in [0.3, 0.4) is 0 Å². The zero-order valence-corrected chi connectivity index (χ0v) is 9.56. The van der Waals surface area contributed by atoms with Crippen LogP contribution in [0, 0.1) is 5.92 Å². The third kappa shape index (κ3) is 4.10. The summed E-state index contributed by atoms with van der Waals surface area (Å²) in [5, 5.41) is 2.52. The van der Waals surface area contributed by atoms with Crippen LogP contribution in [0.15, 0.2) is 0 Å². The van der Waals surface area contributed by atoms with Crippen LogP contribution in [0.1, 0.15) is 20.8 Å². The van der Waals surface area contributed by atoms with Crippen molar-refractivity contribution in [2.45, 2.75) is 32.9 Å². The van der Waals surface area contributed by atoms with Crippen LogP contribution in [0.2, 0.25) is 0 Å². The average molecular weight is 214 g/mol. The molecular weight excluding hydrogens is 196 g/mol. The average Bonchev–Trinajstić information content (AvgIpc) is 2.16. The van der Waals surface area contributed by atoms with Gasteiger partial charge < -0.3 is 15.0 Å². The molecule has 0 heterocycles. The van der Waals surface area contributed by atoms with Crippen LogP contribution in [0.5, 0.6) is 0 Å². The van der Waals surface area contributed by atoms with E-state index >= 15 is 0 Å². The second kappa shape index (κ2) is 6.16. The number of likely N-dealkylation sites (N-methyl/N-ethyl adjacent to an activating group) is 1. The van der Waals surface area contributed by atoms with Gasteiger partial charge in [0.05, 0.1) is 6.04 Å². The van der Waals surface area contributed by atoms with Crippen LogP contribution in [0.4, 0.5) is 0 Å². The molecule has 0 aliphatic rings. The fourth-order valence-electron chi connectivity index (χ4n) is 1.37. The molecule has 2 atom stereocenters. The molecule has 86 valence electrons. The Hall–Kier alpha value is -1.39. The highest BCUT2D eigenvalue weighted by molar-refractivity contribution is 5.86. The minimum atomic E-state index is -0.537. The smallest absolute Gasteiger partial charge is 0.243 e. The molecule has 0 aromatic rings. The topological polar surface area (TPSA) is 66.5 Å². The number of carbonyl (C=O) groups is 3.